The number of alkyl carbamates (subject to hydrolysis) is 1. The Bertz CT molecular complexity index is 3150. The van der Waals surface area contributed by atoms with Gasteiger partial charge in [0.15, 0.2) is 0 Å². The number of carbonyl (C=O) groups is 5. The van der Waals surface area contributed by atoms with Crippen molar-refractivity contribution in [1.29, 1.82) is 0 Å². The molecule has 7 heterocycles. The molecule has 2 aromatic carbocycles. The molecular formula is C61H79N13O8S2. The molecule has 5 N–H and O–H groups in total. The summed E-state index contributed by atoms with van der Waals surface area (Å²) in [6.07, 6.45) is 8.40. The van der Waals surface area contributed by atoms with Crippen molar-refractivity contribution in [3.8, 4) is 10.4 Å². The van der Waals surface area contributed by atoms with Gasteiger partial charge in [-0.2, -0.15) is 0 Å². The van der Waals surface area contributed by atoms with Crippen molar-refractivity contribution in [2.75, 3.05) is 67.5 Å². The van der Waals surface area contributed by atoms with Crippen LogP contribution in [0.2, 0.25) is 0 Å². The smallest absolute Gasteiger partial charge is 0.407 e. The van der Waals surface area contributed by atoms with E-state index in [1.165, 1.54) is 29.1 Å². The van der Waals surface area contributed by atoms with E-state index in [-0.39, 0.29) is 59.9 Å². The number of aryl methyl sites for hydroxylation is 1. The Balaban J connectivity index is 0.650. The molecule has 3 aromatic heterocycles. The van der Waals surface area contributed by atoms with E-state index in [1.807, 2.05) is 123 Å². The van der Waals surface area contributed by atoms with Gasteiger partial charge in [0.2, 0.25) is 23.7 Å². The number of nitrogens with zero attached hydrogens (tertiary/aromatic N) is 9. The van der Waals surface area contributed by atoms with Crippen molar-refractivity contribution in [1.82, 2.24) is 50.7 Å². The molecule has 10 rings (SSSR count). The zero-order valence-electron chi connectivity index (χ0n) is 49.5. The van der Waals surface area contributed by atoms with E-state index in [9.17, 15) is 29.1 Å². The van der Waals surface area contributed by atoms with Crippen LogP contribution in [0.4, 0.5) is 22.2 Å². The molecule has 5 aromatic rings. The van der Waals surface area contributed by atoms with Crippen LogP contribution in [0.5, 0.6) is 0 Å². The fourth-order valence-corrected chi connectivity index (χ4v) is 13.7. The molecule has 5 fully saturated rings. The van der Waals surface area contributed by atoms with Crippen LogP contribution in [0.15, 0.2) is 88.8 Å². The molecule has 4 saturated heterocycles. The summed E-state index contributed by atoms with van der Waals surface area (Å²) in [4.78, 5) is 101. The topological polar surface area (TPSA) is 250 Å². The van der Waals surface area contributed by atoms with Crippen LogP contribution in [-0.2, 0) is 23.9 Å². The highest BCUT2D eigenvalue weighted by Gasteiger charge is 2.51. The number of hydrogen-bond acceptors (Lipinski definition) is 18. The molecule has 23 heteroatoms. The molecular weight excluding hydrogens is 1110 g/mol. The first kappa shape index (κ1) is 60.3. The highest BCUT2D eigenvalue weighted by Crippen LogP contribution is 2.43. The molecule has 21 nitrogen and oxygen atoms in total. The van der Waals surface area contributed by atoms with E-state index in [0.29, 0.717) is 31.7 Å². The number of piperidine rings is 1. The molecule has 5 amide bonds. The number of thiazole rings is 1. The summed E-state index contributed by atoms with van der Waals surface area (Å²) >= 11 is 3.06. The maximum absolute atomic E-state index is 14.3. The summed E-state index contributed by atoms with van der Waals surface area (Å²) in [7, 11) is 0. The zero-order chi connectivity index (χ0) is 59.7. The zero-order valence-corrected chi connectivity index (χ0v) is 51.1. The number of nitrogens with one attached hydrogen (secondary N) is 4. The van der Waals surface area contributed by atoms with Crippen molar-refractivity contribution < 1.29 is 38.6 Å². The van der Waals surface area contributed by atoms with Gasteiger partial charge in [-0.15, -0.1) is 11.3 Å². The predicted octanol–water partition coefficient (Wildman–Crippen LogP) is 7.27. The highest BCUT2D eigenvalue weighted by atomic mass is 32.2. The monoisotopic (exact) mass is 1190 g/mol. The fraction of sp³-hybridized carbons (Fsp3) is 0.541. The quantitative estimate of drug-likeness (QED) is 0.0691. The average molecular weight is 1190 g/mol. The van der Waals surface area contributed by atoms with Crippen molar-refractivity contribution in [2.45, 2.75) is 152 Å². The lowest BCUT2D eigenvalue weighted by Crippen LogP contribution is -2.57. The third kappa shape index (κ3) is 14.0. The number of β-amino-alcohol motifs (C(OH)–C–C–N with tert-alkyl or cyclic N) is 1. The molecule has 6 atom stereocenters. The Labute approximate surface area is 499 Å². The number of ether oxygens (including phenoxy) is 2. The van der Waals surface area contributed by atoms with Crippen molar-refractivity contribution in [2.24, 2.45) is 16.7 Å². The van der Waals surface area contributed by atoms with E-state index in [0.717, 1.165) is 95.0 Å². The van der Waals surface area contributed by atoms with Gasteiger partial charge in [-0.1, -0.05) is 62.9 Å². The first-order valence-corrected chi connectivity index (χ1v) is 30.9. The number of rotatable bonds is 15. The van der Waals surface area contributed by atoms with Gasteiger partial charge in [0, 0.05) is 92.6 Å². The van der Waals surface area contributed by atoms with Crippen molar-refractivity contribution >= 4 is 70.3 Å². The Morgan fingerprint density at radius 2 is 1.55 bits per heavy atom. The maximum Gasteiger partial charge on any atom is 0.407 e. The van der Waals surface area contributed by atoms with Crippen LogP contribution in [0.3, 0.4) is 0 Å². The van der Waals surface area contributed by atoms with Crippen molar-refractivity contribution in [3.05, 3.63) is 95.6 Å². The summed E-state index contributed by atoms with van der Waals surface area (Å²) in [6, 6.07) is 13.6. The first-order chi connectivity index (χ1) is 40.0. The third-order valence-electron chi connectivity index (χ3n) is 17.0. The van der Waals surface area contributed by atoms with E-state index in [4.69, 9.17) is 19.4 Å². The third-order valence-corrected chi connectivity index (χ3v) is 18.9. The predicted molar refractivity (Wildman–Crippen MR) is 322 cm³/mol. The van der Waals surface area contributed by atoms with Crippen LogP contribution >= 0.6 is 23.1 Å². The van der Waals surface area contributed by atoms with Gasteiger partial charge in [0.1, 0.15) is 28.5 Å². The summed E-state index contributed by atoms with van der Waals surface area (Å²) in [5.41, 5.74) is 4.13. The number of benzene rings is 2. The number of anilines is 3. The highest BCUT2D eigenvalue weighted by molar-refractivity contribution is 7.99. The summed E-state index contributed by atoms with van der Waals surface area (Å²) in [6.45, 7) is 22.0. The second-order valence-corrected chi connectivity index (χ2v) is 27.2. The average Bonchev–Trinajstić information content (AvgIpc) is 2.42. The van der Waals surface area contributed by atoms with Gasteiger partial charge in [-0.05, 0) is 102 Å². The number of aliphatic hydroxyl groups excluding tert-OH is 1. The van der Waals surface area contributed by atoms with Gasteiger partial charge in [-0.25, -0.2) is 29.7 Å². The second-order valence-electron chi connectivity index (χ2n) is 25.2. The number of piperazine rings is 1. The number of amides is 5. The van der Waals surface area contributed by atoms with E-state index in [1.54, 1.807) is 17.5 Å². The lowest BCUT2D eigenvalue weighted by Gasteiger charge is -2.45. The van der Waals surface area contributed by atoms with Crippen LogP contribution in [-0.4, -0.2) is 164 Å². The minimum absolute atomic E-state index is 0.00831. The molecule has 1 saturated carbocycles. The summed E-state index contributed by atoms with van der Waals surface area (Å²) in [5, 5.41) is 23.7. The molecule has 5 aliphatic rings. The fourth-order valence-electron chi connectivity index (χ4n) is 12.1. The van der Waals surface area contributed by atoms with E-state index in [2.05, 4.69) is 50.9 Å². The summed E-state index contributed by atoms with van der Waals surface area (Å²) in [5.74, 6) is -0.147. The van der Waals surface area contributed by atoms with Gasteiger partial charge in [-0.3, -0.25) is 24.1 Å². The van der Waals surface area contributed by atoms with Crippen LogP contribution in [0.1, 0.15) is 115 Å². The standard InChI is InChI=1S/C61H79N13O8S2/c1-36(39-13-15-40(16-14-39)50-37(2)66-35-83-50)67-55(78)47-28-45(75)33-74(47)56(79)52(59(4,5)6)69-54(77)42-29-64-57(65-30-42)73-23-21-71(22-24-73)44-25-41(26-44)53(76)68-43-11-10-12-46(27-43)84-49-32-62-48(31-63-49)72-19-17-61(18-20-72)34-81-38(3)51(61)70-58(80)82-60(7,8)9/h10-16,27,29-32,35-36,38,41,44-45,47,51-52,75H,17-26,28,33-34H2,1-9H3,(H,67,78)(H,68,76)(H,69,77)(H,70,80)/t36-,38-,41?,44?,45+,47-,51+,52+/m0/s1. The minimum atomic E-state index is -1.02. The molecule has 0 unspecified atom stereocenters. The van der Waals surface area contributed by atoms with Gasteiger partial charge in [0.05, 0.1) is 64.9 Å². The van der Waals surface area contributed by atoms with E-state index < -0.39 is 47.1 Å². The second kappa shape index (κ2) is 25.0. The van der Waals surface area contributed by atoms with E-state index >= 15 is 0 Å². The molecule has 0 radical (unpaired) electrons. The van der Waals surface area contributed by atoms with Crippen LogP contribution < -0.4 is 31.1 Å². The lowest BCUT2D eigenvalue weighted by molar-refractivity contribution is -0.142. The van der Waals surface area contributed by atoms with Gasteiger partial charge < -0.3 is 50.5 Å². The minimum Gasteiger partial charge on any atom is -0.444 e. The number of carbonyl (C=O) groups excluding carboxylic acids is 5. The normalized spacial score (nSPS) is 23.3. The Hall–Kier alpha value is -6.79. The Morgan fingerprint density at radius 1 is 0.833 bits per heavy atom. The van der Waals surface area contributed by atoms with Crippen LogP contribution in [0.25, 0.3) is 10.4 Å². The van der Waals surface area contributed by atoms with Crippen molar-refractivity contribution in [3.63, 3.8) is 0 Å². The molecule has 448 valence electrons. The van der Waals surface area contributed by atoms with Crippen LogP contribution in [0, 0.1) is 23.7 Å². The SMILES string of the molecule is Cc1ncsc1-c1ccc([C@H](C)NC(=O)[C@@H]2C[C@@H](O)CN2C(=O)[C@@H](NC(=O)c2cnc(N3CCN(C4CC(C(=O)Nc5cccc(Sc6cnc(N7CCC8(CC7)CO[C@@H](C)[C@H]8NC(=O)OC(C)(C)C)cn6)c5)C4)CC3)nc2)C(C)(C)C)cc1. The number of hydrogen-bond donors (Lipinski definition) is 5. The largest absolute Gasteiger partial charge is 0.444 e. The molecule has 0 bridgehead atoms. The Morgan fingerprint density at radius 3 is 2.19 bits per heavy atom. The molecule has 4 aliphatic heterocycles. The number of likely N-dealkylation sites (tertiary alicyclic amines) is 1. The lowest BCUT2D eigenvalue weighted by atomic mass is 9.73. The number of aromatic nitrogens is 5. The maximum atomic E-state index is 14.3. The van der Waals surface area contributed by atoms with Gasteiger partial charge >= 0.3 is 6.09 Å². The summed E-state index contributed by atoms with van der Waals surface area (Å²) < 4.78 is 11.6. The molecule has 1 aliphatic carbocycles. The Kier molecular flexibility index (Phi) is 18.0. The molecule has 84 heavy (non-hydrogen) atoms. The van der Waals surface area contributed by atoms with Gasteiger partial charge in [0.25, 0.3) is 5.91 Å². The number of aliphatic hydroxyl groups is 1. The molecule has 1 spiro atoms. The first-order valence-electron chi connectivity index (χ1n) is 29.2.